The van der Waals surface area contributed by atoms with Gasteiger partial charge in [-0.15, -0.1) is 0 Å². The minimum absolute atomic E-state index is 0.0235. The lowest BCUT2D eigenvalue weighted by Gasteiger charge is -2.13. The Labute approximate surface area is 121 Å². The summed E-state index contributed by atoms with van der Waals surface area (Å²) in [6.45, 7) is 2.11. The van der Waals surface area contributed by atoms with Crippen LogP contribution in [0, 0.1) is 11.8 Å². The maximum atomic E-state index is 11.6. The van der Waals surface area contributed by atoms with Crippen LogP contribution in [0.3, 0.4) is 0 Å². The SMILES string of the molecule is CC1CC1C(=O)NCCC(=O)N[C@@H](CCC(=O)O)C(=O)O. The molecule has 0 saturated heterocycles. The quantitative estimate of drug-likeness (QED) is 0.457. The fourth-order valence-corrected chi connectivity index (χ4v) is 1.91. The van der Waals surface area contributed by atoms with Crippen LogP contribution in [0.25, 0.3) is 0 Å². The Bertz CT molecular complexity index is 436. The molecule has 0 aromatic rings. The van der Waals surface area contributed by atoms with Crippen molar-refractivity contribution in [1.82, 2.24) is 10.6 Å². The topological polar surface area (TPSA) is 133 Å². The van der Waals surface area contributed by atoms with Crippen LogP contribution in [0.4, 0.5) is 0 Å². The van der Waals surface area contributed by atoms with Crippen molar-refractivity contribution in [2.24, 2.45) is 11.8 Å². The molecule has 8 nitrogen and oxygen atoms in total. The number of aliphatic carboxylic acids is 2. The first-order chi connectivity index (χ1) is 9.81. The lowest BCUT2D eigenvalue weighted by Crippen LogP contribution is -2.42. The van der Waals surface area contributed by atoms with Crippen molar-refractivity contribution in [3.63, 3.8) is 0 Å². The van der Waals surface area contributed by atoms with Crippen molar-refractivity contribution >= 4 is 23.8 Å². The van der Waals surface area contributed by atoms with E-state index in [9.17, 15) is 19.2 Å². The molecule has 1 aliphatic carbocycles. The minimum Gasteiger partial charge on any atom is -0.481 e. The number of carbonyl (C=O) groups is 4. The highest BCUT2D eigenvalue weighted by Crippen LogP contribution is 2.37. The number of nitrogens with one attached hydrogen (secondary N) is 2. The second-order valence-electron chi connectivity index (χ2n) is 5.25. The van der Waals surface area contributed by atoms with Crippen molar-refractivity contribution in [3.8, 4) is 0 Å². The van der Waals surface area contributed by atoms with Gasteiger partial charge in [-0.3, -0.25) is 14.4 Å². The van der Waals surface area contributed by atoms with E-state index in [1.807, 2.05) is 6.92 Å². The summed E-state index contributed by atoms with van der Waals surface area (Å²) in [6, 6.07) is -1.23. The Morgan fingerprint density at radius 2 is 1.81 bits per heavy atom. The highest BCUT2D eigenvalue weighted by molar-refractivity contribution is 5.85. The van der Waals surface area contributed by atoms with Gasteiger partial charge in [0.1, 0.15) is 6.04 Å². The van der Waals surface area contributed by atoms with E-state index in [4.69, 9.17) is 10.2 Å². The Balaban J connectivity index is 2.24. The summed E-state index contributed by atoms with van der Waals surface area (Å²) >= 11 is 0. The maximum Gasteiger partial charge on any atom is 0.326 e. The fourth-order valence-electron chi connectivity index (χ4n) is 1.91. The number of amides is 2. The van der Waals surface area contributed by atoms with Crippen molar-refractivity contribution in [2.75, 3.05) is 6.54 Å². The average Bonchev–Trinajstić information content (AvgIpc) is 3.11. The molecule has 1 saturated carbocycles. The van der Waals surface area contributed by atoms with Gasteiger partial charge in [0.25, 0.3) is 0 Å². The second-order valence-corrected chi connectivity index (χ2v) is 5.25. The molecule has 2 unspecified atom stereocenters. The van der Waals surface area contributed by atoms with Gasteiger partial charge in [0.2, 0.25) is 11.8 Å². The zero-order valence-corrected chi connectivity index (χ0v) is 11.8. The lowest BCUT2D eigenvalue weighted by atomic mass is 10.1. The predicted molar refractivity (Wildman–Crippen MR) is 71.3 cm³/mol. The molecule has 1 rings (SSSR count). The first-order valence-electron chi connectivity index (χ1n) is 6.83. The first-order valence-corrected chi connectivity index (χ1v) is 6.83. The second kappa shape index (κ2) is 7.61. The van der Waals surface area contributed by atoms with Crippen LogP contribution < -0.4 is 10.6 Å². The van der Waals surface area contributed by atoms with E-state index < -0.39 is 23.9 Å². The fraction of sp³-hybridized carbons (Fsp3) is 0.692. The van der Waals surface area contributed by atoms with Gasteiger partial charge in [-0.05, 0) is 18.8 Å². The van der Waals surface area contributed by atoms with E-state index in [0.717, 1.165) is 6.42 Å². The summed E-state index contributed by atoms with van der Waals surface area (Å²) in [4.78, 5) is 44.4. The van der Waals surface area contributed by atoms with E-state index in [0.29, 0.717) is 5.92 Å². The molecule has 118 valence electrons. The number of hydrogen-bond donors (Lipinski definition) is 4. The van der Waals surface area contributed by atoms with Crippen molar-refractivity contribution in [1.29, 1.82) is 0 Å². The summed E-state index contributed by atoms with van der Waals surface area (Å²) in [5.74, 6) is -2.61. The normalized spacial score (nSPS) is 21.2. The van der Waals surface area contributed by atoms with E-state index in [1.165, 1.54) is 0 Å². The molecular formula is C13H20N2O6. The largest absolute Gasteiger partial charge is 0.481 e. The van der Waals surface area contributed by atoms with Gasteiger partial charge in [0.15, 0.2) is 0 Å². The van der Waals surface area contributed by atoms with E-state index in [-0.39, 0.29) is 37.6 Å². The van der Waals surface area contributed by atoms with Gasteiger partial charge in [-0.2, -0.15) is 0 Å². The molecule has 3 atom stereocenters. The third-order valence-electron chi connectivity index (χ3n) is 3.38. The van der Waals surface area contributed by atoms with E-state index in [1.54, 1.807) is 0 Å². The molecular weight excluding hydrogens is 280 g/mol. The zero-order chi connectivity index (χ0) is 16.0. The molecule has 0 radical (unpaired) electrons. The molecule has 21 heavy (non-hydrogen) atoms. The number of hydrogen-bond acceptors (Lipinski definition) is 4. The monoisotopic (exact) mass is 300 g/mol. The minimum atomic E-state index is -1.28. The van der Waals surface area contributed by atoms with Gasteiger partial charge in [-0.25, -0.2) is 4.79 Å². The van der Waals surface area contributed by atoms with Crippen molar-refractivity contribution in [3.05, 3.63) is 0 Å². The van der Waals surface area contributed by atoms with Gasteiger partial charge < -0.3 is 20.8 Å². The Morgan fingerprint density at radius 1 is 1.19 bits per heavy atom. The summed E-state index contributed by atoms with van der Waals surface area (Å²) in [6.07, 6.45) is 0.300. The Hall–Kier alpha value is -2.12. The molecule has 0 bridgehead atoms. The van der Waals surface area contributed by atoms with Crippen LogP contribution in [0.2, 0.25) is 0 Å². The van der Waals surface area contributed by atoms with Crippen LogP contribution >= 0.6 is 0 Å². The zero-order valence-electron chi connectivity index (χ0n) is 11.8. The molecule has 0 aromatic carbocycles. The molecule has 8 heteroatoms. The number of carboxylic acid groups (broad SMARTS) is 2. The van der Waals surface area contributed by atoms with Crippen molar-refractivity contribution in [2.45, 2.75) is 38.6 Å². The highest BCUT2D eigenvalue weighted by atomic mass is 16.4. The molecule has 1 fully saturated rings. The molecule has 0 heterocycles. The lowest BCUT2D eigenvalue weighted by molar-refractivity contribution is -0.143. The standard InChI is InChI=1S/C13H20N2O6/c1-7-6-8(7)12(19)14-5-4-10(16)15-9(13(20)21)2-3-11(17)18/h7-9H,2-6H2,1H3,(H,14,19)(H,15,16)(H,17,18)(H,20,21)/t7?,8?,9-/m0/s1. The number of carboxylic acids is 2. The van der Waals surface area contributed by atoms with Crippen molar-refractivity contribution < 1.29 is 29.4 Å². The van der Waals surface area contributed by atoms with Gasteiger partial charge in [0, 0.05) is 25.3 Å². The van der Waals surface area contributed by atoms with Crippen LogP contribution in [0.15, 0.2) is 0 Å². The van der Waals surface area contributed by atoms with E-state index in [2.05, 4.69) is 10.6 Å². The van der Waals surface area contributed by atoms with Crippen LogP contribution in [-0.4, -0.2) is 46.6 Å². The third-order valence-corrected chi connectivity index (χ3v) is 3.38. The summed E-state index contributed by atoms with van der Waals surface area (Å²) < 4.78 is 0. The Morgan fingerprint density at radius 3 is 2.29 bits per heavy atom. The highest BCUT2D eigenvalue weighted by Gasteiger charge is 2.38. The van der Waals surface area contributed by atoms with Crippen LogP contribution in [0.5, 0.6) is 0 Å². The molecule has 0 aromatic heterocycles. The average molecular weight is 300 g/mol. The third kappa shape index (κ3) is 6.24. The first kappa shape index (κ1) is 16.9. The van der Waals surface area contributed by atoms with Gasteiger partial charge in [0.05, 0.1) is 0 Å². The molecule has 2 amide bonds. The van der Waals surface area contributed by atoms with Crippen LogP contribution in [0.1, 0.15) is 32.6 Å². The molecule has 1 aliphatic rings. The summed E-state index contributed by atoms with van der Waals surface area (Å²) in [7, 11) is 0. The summed E-state index contributed by atoms with van der Waals surface area (Å²) in [5, 5.41) is 22.3. The number of carbonyl (C=O) groups excluding carboxylic acids is 2. The van der Waals surface area contributed by atoms with Crippen LogP contribution in [-0.2, 0) is 19.2 Å². The molecule has 0 spiro atoms. The Kier molecular flexibility index (Phi) is 6.13. The smallest absolute Gasteiger partial charge is 0.326 e. The summed E-state index contributed by atoms with van der Waals surface area (Å²) in [5.41, 5.74) is 0. The number of rotatable bonds is 9. The maximum absolute atomic E-state index is 11.6. The predicted octanol–water partition coefficient (Wildman–Crippen LogP) is -0.417. The van der Waals surface area contributed by atoms with Gasteiger partial charge in [-0.1, -0.05) is 6.92 Å². The van der Waals surface area contributed by atoms with E-state index >= 15 is 0 Å². The molecule has 4 N–H and O–H groups in total. The molecule has 0 aliphatic heterocycles. The van der Waals surface area contributed by atoms with Gasteiger partial charge >= 0.3 is 11.9 Å².